The lowest BCUT2D eigenvalue weighted by Crippen LogP contribution is -1.92. The second kappa shape index (κ2) is 5.16. The van der Waals surface area contributed by atoms with Gasteiger partial charge in [0, 0.05) is 24.4 Å². The molecule has 92 valence electrons. The van der Waals surface area contributed by atoms with Crippen molar-refractivity contribution in [2.75, 3.05) is 0 Å². The van der Waals surface area contributed by atoms with Gasteiger partial charge in [-0.25, -0.2) is 9.97 Å². The lowest BCUT2D eigenvalue weighted by atomic mass is 10.4. The molecule has 0 aromatic carbocycles. The van der Waals surface area contributed by atoms with Crippen LogP contribution >= 0.6 is 23.2 Å². The Morgan fingerprint density at radius 2 is 2.00 bits per heavy atom. The van der Waals surface area contributed by atoms with Crippen LogP contribution in [-0.4, -0.2) is 14.9 Å². The molecule has 0 amide bonds. The monoisotopic (exact) mass is 285 g/mol. The SMILES string of the molecule is O=[N+]([O-])c1ccc(Oc2ccnc(Cl)c2Cl)nc1. The Hall–Kier alpha value is -1.92. The van der Waals surface area contributed by atoms with Crippen molar-refractivity contribution in [1.29, 1.82) is 0 Å². The van der Waals surface area contributed by atoms with Crippen molar-refractivity contribution < 1.29 is 9.66 Å². The Balaban J connectivity index is 2.24. The van der Waals surface area contributed by atoms with Crippen LogP contribution in [0.2, 0.25) is 10.2 Å². The quantitative estimate of drug-likeness (QED) is 0.490. The predicted molar refractivity (Wildman–Crippen MR) is 65.2 cm³/mol. The summed E-state index contributed by atoms with van der Waals surface area (Å²) >= 11 is 11.6. The van der Waals surface area contributed by atoms with Crippen LogP contribution in [0.5, 0.6) is 11.6 Å². The molecule has 2 heterocycles. The zero-order chi connectivity index (χ0) is 13.1. The number of ether oxygens (including phenoxy) is 1. The van der Waals surface area contributed by atoms with Gasteiger partial charge in [0.2, 0.25) is 5.88 Å². The van der Waals surface area contributed by atoms with E-state index in [0.717, 1.165) is 6.20 Å². The van der Waals surface area contributed by atoms with E-state index in [0.29, 0.717) is 0 Å². The van der Waals surface area contributed by atoms with Crippen LogP contribution in [0.3, 0.4) is 0 Å². The summed E-state index contributed by atoms with van der Waals surface area (Å²) in [6.07, 6.45) is 2.51. The predicted octanol–water partition coefficient (Wildman–Crippen LogP) is 3.48. The summed E-state index contributed by atoms with van der Waals surface area (Å²) in [5, 5.41) is 10.7. The molecule has 0 aliphatic rings. The first kappa shape index (κ1) is 12.5. The number of hydrogen-bond donors (Lipinski definition) is 0. The minimum Gasteiger partial charge on any atom is -0.437 e. The van der Waals surface area contributed by atoms with Crippen LogP contribution in [0.25, 0.3) is 0 Å². The van der Waals surface area contributed by atoms with Crippen molar-refractivity contribution in [2.24, 2.45) is 0 Å². The van der Waals surface area contributed by atoms with Crippen LogP contribution in [-0.2, 0) is 0 Å². The van der Waals surface area contributed by atoms with Gasteiger partial charge in [-0.05, 0) is 0 Å². The summed E-state index contributed by atoms with van der Waals surface area (Å²) in [7, 11) is 0. The Morgan fingerprint density at radius 1 is 1.22 bits per heavy atom. The Bertz CT molecular complexity index is 589. The van der Waals surface area contributed by atoms with Crippen molar-refractivity contribution >= 4 is 28.9 Å². The molecular weight excluding hydrogens is 281 g/mol. The van der Waals surface area contributed by atoms with E-state index in [-0.39, 0.29) is 27.5 Å². The Kier molecular flexibility index (Phi) is 3.59. The molecule has 0 N–H and O–H groups in total. The van der Waals surface area contributed by atoms with Crippen LogP contribution in [0.1, 0.15) is 0 Å². The Morgan fingerprint density at radius 3 is 2.61 bits per heavy atom. The third-order valence-corrected chi connectivity index (χ3v) is 2.71. The van der Waals surface area contributed by atoms with E-state index in [2.05, 4.69) is 9.97 Å². The third-order valence-electron chi connectivity index (χ3n) is 1.96. The summed E-state index contributed by atoms with van der Waals surface area (Å²) in [4.78, 5) is 17.4. The van der Waals surface area contributed by atoms with Gasteiger partial charge in [-0.1, -0.05) is 23.2 Å². The van der Waals surface area contributed by atoms with Crippen LogP contribution in [0.15, 0.2) is 30.6 Å². The first-order valence-corrected chi connectivity index (χ1v) is 5.42. The summed E-state index contributed by atoms with van der Waals surface area (Å²) in [5.74, 6) is 0.447. The number of aromatic nitrogens is 2. The number of hydrogen-bond acceptors (Lipinski definition) is 5. The molecule has 0 spiro atoms. The van der Waals surface area contributed by atoms with E-state index in [4.69, 9.17) is 27.9 Å². The van der Waals surface area contributed by atoms with Gasteiger partial charge in [-0.15, -0.1) is 0 Å². The van der Waals surface area contributed by atoms with Crippen molar-refractivity contribution in [3.05, 3.63) is 50.9 Å². The van der Waals surface area contributed by atoms with E-state index in [1.54, 1.807) is 0 Å². The maximum absolute atomic E-state index is 10.4. The highest BCUT2D eigenvalue weighted by Gasteiger charge is 2.10. The first-order chi connectivity index (χ1) is 8.58. The highest BCUT2D eigenvalue weighted by molar-refractivity contribution is 6.42. The van der Waals surface area contributed by atoms with E-state index >= 15 is 0 Å². The summed E-state index contributed by atoms with van der Waals surface area (Å²) in [6.45, 7) is 0. The molecule has 0 saturated heterocycles. The fourth-order valence-electron chi connectivity index (χ4n) is 1.13. The topological polar surface area (TPSA) is 78.2 Å². The molecule has 0 fully saturated rings. The van der Waals surface area contributed by atoms with Crippen LogP contribution in [0.4, 0.5) is 5.69 Å². The van der Waals surface area contributed by atoms with Crippen LogP contribution in [0, 0.1) is 10.1 Å². The standard InChI is InChI=1S/C10H5Cl2N3O3/c11-9-7(3-4-13-10(9)12)18-8-2-1-6(5-14-8)15(16)17/h1-5H. The second-order valence-corrected chi connectivity index (χ2v) is 3.86. The average Bonchev–Trinajstić information content (AvgIpc) is 2.36. The molecule has 6 nitrogen and oxygen atoms in total. The second-order valence-electron chi connectivity index (χ2n) is 3.13. The molecular formula is C10H5Cl2N3O3. The lowest BCUT2D eigenvalue weighted by molar-refractivity contribution is -0.385. The molecule has 2 rings (SSSR count). The van der Waals surface area contributed by atoms with E-state index < -0.39 is 4.92 Å². The zero-order valence-electron chi connectivity index (χ0n) is 8.71. The van der Waals surface area contributed by atoms with E-state index in [9.17, 15) is 10.1 Å². The van der Waals surface area contributed by atoms with Gasteiger partial charge in [0.25, 0.3) is 5.69 Å². The fraction of sp³-hybridized carbons (Fsp3) is 0. The van der Waals surface area contributed by atoms with Gasteiger partial charge in [0.15, 0.2) is 10.9 Å². The molecule has 2 aromatic heterocycles. The van der Waals surface area contributed by atoms with E-state index in [1.807, 2.05) is 0 Å². The highest BCUT2D eigenvalue weighted by atomic mass is 35.5. The van der Waals surface area contributed by atoms with Gasteiger partial charge in [-0.3, -0.25) is 10.1 Å². The normalized spacial score (nSPS) is 10.1. The number of nitrogens with zero attached hydrogens (tertiary/aromatic N) is 3. The minimum absolute atomic E-state index is 0.107. The highest BCUT2D eigenvalue weighted by Crippen LogP contribution is 2.32. The average molecular weight is 286 g/mol. The van der Waals surface area contributed by atoms with Gasteiger partial charge < -0.3 is 4.74 Å². The molecule has 0 bridgehead atoms. The van der Waals surface area contributed by atoms with Gasteiger partial charge in [-0.2, -0.15) is 0 Å². The molecule has 0 unspecified atom stereocenters. The van der Waals surface area contributed by atoms with Crippen molar-refractivity contribution in [3.8, 4) is 11.6 Å². The maximum atomic E-state index is 10.4. The maximum Gasteiger partial charge on any atom is 0.287 e. The van der Waals surface area contributed by atoms with Gasteiger partial charge >= 0.3 is 0 Å². The molecule has 0 aliphatic carbocycles. The summed E-state index contributed by atoms with van der Waals surface area (Å²) in [5.41, 5.74) is -0.124. The molecule has 0 atom stereocenters. The number of halogens is 2. The molecule has 2 aromatic rings. The van der Waals surface area contributed by atoms with Crippen molar-refractivity contribution in [3.63, 3.8) is 0 Å². The fourth-order valence-corrected chi connectivity index (χ4v) is 1.43. The van der Waals surface area contributed by atoms with E-state index in [1.165, 1.54) is 24.4 Å². The zero-order valence-corrected chi connectivity index (χ0v) is 10.2. The molecule has 8 heteroatoms. The minimum atomic E-state index is -0.549. The third kappa shape index (κ3) is 2.66. The molecule has 0 saturated carbocycles. The smallest absolute Gasteiger partial charge is 0.287 e. The number of nitro groups is 1. The van der Waals surface area contributed by atoms with Crippen molar-refractivity contribution in [1.82, 2.24) is 9.97 Å². The molecule has 0 aliphatic heterocycles. The summed E-state index contributed by atoms with van der Waals surface area (Å²) < 4.78 is 5.33. The first-order valence-electron chi connectivity index (χ1n) is 4.66. The number of rotatable bonds is 3. The van der Waals surface area contributed by atoms with Crippen LogP contribution < -0.4 is 4.74 Å². The Labute approximate surface area is 111 Å². The lowest BCUT2D eigenvalue weighted by Gasteiger charge is -2.06. The van der Waals surface area contributed by atoms with Gasteiger partial charge in [0.05, 0.1) is 4.92 Å². The number of pyridine rings is 2. The van der Waals surface area contributed by atoms with Crippen molar-refractivity contribution in [2.45, 2.75) is 0 Å². The summed E-state index contributed by atoms with van der Waals surface area (Å²) in [6, 6.07) is 4.15. The molecule has 0 radical (unpaired) electrons. The van der Waals surface area contributed by atoms with Gasteiger partial charge in [0.1, 0.15) is 11.2 Å². The molecule has 18 heavy (non-hydrogen) atoms. The largest absolute Gasteiger partial charge is 0.437 e.